The fraction of sp³-hybridized carbons (Fsp3) is 0.714. The molecule has 2 heterocycles. The molecule has 2 aliphatic rings. The molecule has 1 aliphatic carbocycles. The van der Waals surface area contributed by atoms with Crippen LogP contribution in [0.25, 0.3) is 0 Å². The van der Waals surface area contributed by atoms with Gasteiger partial charge in [-0.05, 0) is 36.4 Å². The lowest BCUT2D eigenvalue weighted by Gasteiger charge is -2.39. The molecule has 0 saturated heterocycles. The molecule has 0 spiro atoms. The molecular formula is C14H21NOS. The zero-order chi connectivity index (χ0) is 11.7. The summed E-state index contributed by atoms with van der Waals surface area (Å²) in [6.07, 6.45) is 6.07. The molecule has 3 rings (SSSR count). The number of thiophene rings is 1. The van der Waals surface area contributed by atoms with Gasteiger partial charge in [0, 0.05) is 17.3 Å². The molecule has 1 N–H and O–H groups in total. The van der Waals surface area contributed by atoms with Crippen molar-refractivity contribution in [3.8, 4) is 0 Å². The van der Waals surface area contributed by atoms with Crippen LogP contribution in [0.4, 0.5) is 0 Å². The predicted molar refractivity (Wildman–Crippen MR) is 71.7 cm³/mol. The van der Waals surface area contributed by atoms with E-state index < -0.39 is 0 Å². The first kappa shape index (κ1) is 11.7. The second kappa shape index (κ2) is 5.09. The van der Waals surface area contributed by atoms with Gasteiger partial charge in [-0.2, -0.15) is 0 Å². The molecule has 3 unspecified atom stereocenters. The Bertz CT molecular complexity index is 376. The van der Waals surface area contributed by atoms with E-state index in [0.717, 1.165) is 13.1 Å². The average molecular weight is 251 g/mol. The van der Waals surface area contributed by atoms with Crippen LogP contribution in [0, 0.1) is 0 Å². The third-order valence-electron chi connectivity index (χ3n) is 4.03. The molecule has 1 aromatic heterocycles. The lowest BCUT2D eigenvalue weighted by molar-refractivity contribution is -0.0545. The van der Waals surface area contributed by atoms with E-state index in [1.807, 2.05) is 11.3 Å². The van der Waals surface area contributed by atoms with Gasteiger partial charge in [0.2, 0.25) is 0 Å². The molecule has 0 bridgehead atoms. The Balaban J connectivity index is 1.84. The van der Waals surface area contributed by atoms with Crippen molar-refractivity contribution in [3.63, 3.8) is 0 Å². The van der Waals surface area contributed by atoms with E-state index in [0.29, 0.717) is 12.0 Å². The number of nitrogens with one attached hydrogen (secondary N) is 1. The van der Waals surface area contributed by atoms with Gasteiger partial charge in [0.15, 0.2) is 0 Å². The molecule has 1 fully saturated rings. The molecule has 17 heavy (non-hydrogen) atoms. The summed E-state index contributed by atoms with van der Waals surface area (Å²) in [4.78, 5) is 1.61. The Hall–Kier alpha value is -0.380. The maximum absolute atomic E-state index is 6.32. The smallest absolute Gasteiger partial charge is 0.0964 e. The van der Waals surface area contributed by atoms with Crippen molar-refractivity contribution < 1.29 is 4.74 Å². The topological polar surface area (TPSA) is 21.3 Å². The third-order valence-corrected chi connectivity index (χ3v) is 5.10. The maximum atomic E-state index is 6.32. The van der Waals surface area contributed by atoms with Crippen molar-refractivity contribution in [2.75, 3.05) is 13.1 Å². The first-order valence-corrected chi connectivity index (χ1v) is 7.71. The van der Waals surface area contributed by atoms with Gasteiger partial charge in [0.1, 0.15) is 0 Å². The minimum absolute atomic E-state index is 0.288. The Morgan fingerprint density at radius 3 is 3.18 bits per heavy atom. The SMILES string of the molecule is CCNCC1OC2CCCCC2c2sccc21. The molecule has 1 aliphatic heterocycles. The third kappa shape index (κ3) is 2.16. The number of hydrogen-bond acceptors (Lipinski definition) is 3. The van der Waals surface area contributed by atoms with Gasteiger partial charge in [0.25, 0.3) is 0 Å². The van der Waals surface area contributed by atoms with E-state index in [1.54, 1.807) is 4.88 Å². The predicted octanol–water partition coefficient (Wildman–Crippen LogP) is 3.46. The lowest BCUT2D eigenvalue weighted by atomic mass is 9.81. The zero-order valence-electron chi connectivity index (χ0n) is 10.4. The lowest BCUT2D eigenvalue weighted by Crippen LogP contribution is -2.36. The quantitative estimate of drug-likeness (QED) is 0.888. The summed E-state index contributed by atoms with van der Waals surface area (Å²) in [5.74, 6) is 0.691. The van der Waals surface area contributed by atoms with E-state index in [1.165, 1.54) is 31.2 Å². The highest BCUT2D eigenvalue weighted by atomic mass is 32.1. The summed E-state index contributed by atoms with van der Waals surface area (Å²) >= 11 is 1.94. The molecular weight excluding hydrogens is 230 g/mol. The van der Waals surface area contributed by atoms with Crippen molar-refractivity contribution in [2.24, 2.45) is 0 Å². The monoisotopic (exact) mass is 251 g/mol. The fourth-order valence-electron chi connectivity index (χ4n) is 3.18. The summed E-state index contributed by atoms with van der Waals surface area (Å²) in [5, 5.41) is 5.66. The van der Waals surface area contributed by atoms with E-state index in [-0.39, 0.29) is 6.10 Å². The second-order valence-electron chi connectivity index (χ2n) is 5.10. The van der Waals surface area contributed by atoms with E-state index in [4.69, 9.17) is 4.74 Å². The number of ether oxygens (including phenoxy) is 1. The summed E-state index contributed by atoms with van der Waals surface area (Å²) in [6, 6.07) is 2.27. The van der Waals surface area contributed by atoms with Gasteiger partial charge in [-0.1, -0.05) is 19.8 Å². The minimum Gasteiger partial charge on any atom is -0.368 e. The molecule has 3 atom stereocenters. The van der Waals surface area contributed by atoms with Crippen molar-refractivity contribution in [1.29, 1.82) is 0 Å². The molecule has 0 amide bonds. The van der Waals surface area contributed by atoms with Crippen LogP contribution < -0.4 is 5.32 Å². The Morgan fingerprint density at radius 2 is 2.29 bits per heavy atom. The van der Waals surface area contributed by atoms with Crippen LogP contribution in [-0.4, -0.2) is 19.2 Å². The van der Waals surface area contributed by atoms with E-state index in [2.05, 4.69) is 23.7 Å². The largest absolute Gasteiger partial charge is 0.368 e. The molecule has 94 valence electrons. The van der Waals surface area contributed by atoms with Crippen LogP contribution in [0.2, 0.25) is 0 Å². The van der Waals surface area contributed by atoms with Gasteiger partial charge in [-0.15, -0.1) is 11.3 Å². The van der Waals surface area contributed by atoms with Crippen molar-refractivity contribution in [3.05, 3.63) is 21.9 Å². The van der Waals surface area contributed by atoms with Crippen LogP contribution >= 0.6 is 11.3 Å². The molecule has 0 aromatic carbocycles. The van der Waals surface area contributed by atoms with Gasteiger partial charge < -0.3 is 10.1 Å². The number of rotatable bonds is 3. The van der Waals surface area contributed by atoms with Gasteiger partial charge in [-0.25, -0.2) is 0 Å². The first-order valence-electron chi connectivity index (χ1n) is 6.83. The fourth-order valence-corrected chi connectivity index (χ4v) is 4.32. The van der Waals surface area contributed by atoms with Crippen LogP contribution in [0.1, 0.15) is 55.1 Å². The normalized spacial score (nSPS) is 31.9. The Labute approximate surface area is 107 Å². The first-order chi connectivity index (χ1) is 8.40. The summed E-state index contributed by atoms with van der Waals surface area (Å²) in [5.41, 5.74) is 1.46. The standard InChI is InChI=1S/C14H21NOS/c1-2-15-9-13-11-7-8-17-14(11)10-5-3-4-6-12(10)16-13/h7-8,10,12-13,15H,2-6,9H2,1H3. The van der Waals surface area contributed by atoms with Crippen LogP contribution in [0.15, 0.2) is 11.4 Å². The van der Waals surface area contributed by atoms with E-state index >= 15 is 0 Å². The number of fused-ring (bicyclic) bond motifs is 3. The van der Waals surface area contributed by atoms with Crippen LogP contribution in [-0.2, 0) is 4.74 Å². The van der Waals surface area contributed by atoms with Crippen LogP contribution in [0.3, 0.4) is 0 Å². The minimum atomic E-state index is 0.288. The Morgan fingerprint density at radius 1 is 1.41 bits per heavy atom. The Kier molecular flexibility index (Phi) is 3.50. The highest BCUT2D eigenvalue weighted by Crippen LogP contribution is 2.46. The van der Waals surface area contributed by atoms with Crippen molar-refractivity contribution in [1.82, 2.24) is 5.32 Å². The summed E-state index contributed by atoms with van der Waals surface area (Å²) in [7, 11) is 0. The molecule has 1 saturated carbocycles. The highest BCUT2D eigenvalue weighted by Gasteiger charge is 2.37. The van der Waals surface area contributed by atoms with Crippen molar-refractivity contribution in [2.45, 2.75) is 50.7 Å². The average Bonchev–Trinajstić information content (AvgIpc) is 2.85. The summed E-state index contributed by atoms with van der Waals surface area (Å²) < 4.78 is 6.32. The van der Waals surface area contributed by atoms with Crippen LogP contribution in [0.5, 0.6) is 0 Å². The zero-order valence-corrected chi connectivity index (χ0v) is 11.3. The maximum Gasteiger partial charge on any atom is 0.0964 e. The molecule has 2 nitrogen and oxygen atoms in total. The molecule has 0 radical (unpaired) electrons. The second-order valence-corrected chi connectivity index (χ2v) is 6.05. The van der Waals surface area contributed by atoms with E-state index in [9.17, 15) is 0 Å². The number of likely N-dealkylation sites (N-methyl/N-ethyl adjacent to an activating group) is 1. The van der Waals surface area contributed by atoms with Crippen molar-refractivity contribution >= 4 is 11.3 Å². The highest BCUT2D eigenvalue weighted by molar-refractivity contribution is 7.10. The van der Waals surface area contributed by atoms with Gasteiger partial charge in [0.05, 0.1) is 12.2 Å². The molecule has 1 aromatic rings. The molecule has 3 heteroatoms. The van der Waals surface area contributed by atoms with Gasteiger partial charge >= 0.3 is 0 Å². The number of hydrogen-bond donors (Lipinski definition) is 1. The summed E-state index contributed by atoms with van der Waals surface area (Å²) in [6.45, 7) is 4.14. The van der Waals surface area contributed by atoms with Gasteiger partial charge in [-0.3, -0.25) is 0 Å².